The number of carbonyl (C=O) groups is 1. The van der Waals surface area contributed by atoms with E-state index >= 15 is 0 Å². The summed E-state index contributed by atoms with van der Waals surface area (Å²) in [6.45, 7) is 4.51. The maximum absolute atomic E-state index is 13.5. The number of urea groups is 1. The number of nitrogens with one attached hydrogen (secondary N) is 2. The molecule has 2 heterocycles. The third-order valence-corrected chi connectivity index (χ3v) is 6.24. The van der Waals surface area contributed by atoms with E-state index in [1.165, 1.54) is 4.68 Å². The van der Waals surface area contributed by atoms with Crippen LogP contribution in [0.25, 0.3) is 5.69 Å². The molecule has 0 atom stereocenters. The van der Waals surface area contributed by atoms with Gasteiger partial charge < -0.3 is 25.3 Å². The van der Waals surface area contributed by atoms with E-state index in [0.29, 0.717) is 45.0 Å². The normalized spacial score (nSPS) is 13.6. The molecule has 0 radical (unpaired) electrons. The molecule has 4 rings (SSSR count). The minimum absolute atomic E-state index is 0.0712. The number of nitrogens with zero attached hydrogens (tertiary/aromatic N) is 5. The van der Waals surface area contributed by atoms with Crippen molar-refractivity contribution in [1.29, 1.82) is 0 Å². The van der Waals surface area contributed by atoms with Crippen molar-refractivity contribution in [3.05, 3.63) is 82.8 Å². The number of para-hydroxylation sites is 1. The van der Waals surface area contributed by atoms with Crippen LogP contribution in [0.3, 0.4) is 0 Å². The fourth-order valence-electron chi connectivity index (χ4n) is 4.25. The molecule has 9 heteroatoms. The fraction of sp³-hybridized carbons (Fsp3) is 0.370. The molecule has 2 amide bonds. The van der Waals surface area contributed by atoms with Gasteiger partial charge in [-0.15, -0.1) is 0 Å². The van der Waals surface area contributed by atoms with E-state index in [4.69, 9.17) is 0 Å². The highest BCUT2D eigenvalue weighted by Crippen LogP contribution is 2.23. The van der Waals surface area contributed by atoms with Crippen molar-refractivity contribution in [2.75, 3.05) is 63.6 Å². The fourth-order valence-corrected chi connectivity index (χ4v) is 4.25. The van der Waals surface area contributed by atoms with Gasteiger partial charge in [-0.1, -0.05) is 48.5 Å². The SMILES string of the molecule is CN(C)CCCNc1c(N2CCN(C(=O)NCc3ccccc3)CC2)cnn(-c2ccccc2)c1=O. The monoisotopic (exact) mass is 489 g/mol. The lowest BCUT2D eigenvalue weighted by Crippen LogP contribution is -2.52. The van der Waals surface area contributed by atoms with Gasteiger partial charge in [-0.2, -0.15) is 9.78 Å². The summed E-state index contributed by atoms with van der Waals surface area (Å²) in [5.74, 6) is 0. The van der Waals surface area contributed by atoms with Crippen LogP contribution >= 0.6 is 0 Å². The van der Waals surface area contributed by atoms with Crippen molar-refractivity contribution >= 4 is 17.4 Å². The number of amides is 2. The molecule has 0 unspecified atom stereocenters. The Bertz CT molecular complexity index is 1170. The summed E-state index contributed by atoms with van der Waals surface area (Å²) in [6, 6.07) is 19.3. The summed E-state index contributed by atoms with van der Waals surface area (Å²) in [5.41, 5.74) is 2.95. The summed E-state index contributed by atoms with van der Waals surface area (Å²) >= 11 is 0. The predicted octanol–water partition coefficient (Wildman–Crippen LogP) is 2.63. The Kier molecular flexibility index (Phi) is 8.57. The Balaban J connectivity index is 1.45. The van der Waals surface area contributed by atoms with Crippen LogP contribution in [-0.2, 0) is 6.54 Å². The van der Waals surface area contributed by atoms with E-state index in [1.54, 1.807) is 6.20 Å². The van der Waals surface area contributed by atoms with Gasteiger partial charge in [-0.05, 0) is 44.8 Å². The number of rotatable bonds is 9. The highest BCUT2D eigenvalue weighted by Gasteiger charge is 2.24. The first-order valence-corrected chi connectivity index (χ1v) is 12.4. The maximum atomic E-state index is 13.5. The zero-order valence-electron chi connectivity index (χ0n) is 21.1. The lowest BCUT2D eigenvalue weighted by atomic mass is 10.2. The summed E-state index contributed by atoms with van der Waals surface area (Å²) in [5, 5.41) is 10.9. The van der Waals surface area contributed by atoms with E-state index in [2.05, 4.69) is 25.5 Å². The Morgan fingerprint density at radius 3 is 2.31 bits per heavy atom. The molecule has 0 saturated carbocycles. The average Bonchev–Trinajstić information content (AvgIpc) is 2.91. The van der Waals surface area contributed by atoms with Gasteiger partial charge >= 0.3 is 6.03 Å². The van der Waals surface area contributed by atoms with Crippen LogP contribution in [-0.4, -0.2) is 79.0 Å². The summed E-state index contributed by atoms with van der Waals surface area (Å²) in [7, 11) is 4.07. The molecule has 1 aliphatic heterocycles. The van der Waals surface area contributed by atoms with Gasteiger partial charge in [0, 0.05) is 39.3 Å². The molecule has 9 nitrogen and oxygen atoms in total. The highest BCUT2D eigenvalue weighted by molar-refractivity contribution is 5.75. The Hall–Kier alpha value is -3.85. The first-order chi connectivity index (χ1) is 17.5. The minimum Gasteiger partial charge on any atom is -0.379 e. The quantitative estimate of drug-likeness (QED) is 0.450. The van der Waals surface area contributed by atoms with Gasteiger partial charge in [0.25, 0.3) is 5.56 Å². The highest BCUT2D eigenvalue weighted by atomic mass is 16.2. The van der Waals surface area contributed by atoms with E-state index in [0.717, 1.165) is 29.9 Å². The van der Waals surface area contributed by atoms with E-state index in [9.17, 15) is 9.59 Å². The molecule has 1 saturated heterocycles. The van der Waals surface area contributed by atoms with Gasteiger partial charge in [0.2, 0.25) is 0 Å². The van der Waals surface area contributed by atoms with Crippen LogP contribution in [0.5, 0.6) is 0 Å². The van der Waals surface area contributed by atoms with Crippen LogP contribution < -0.4 is 21.1 Å². The number of hydrogen-bond donors (Lipinski definition) is 2. The predicted molar refractivity (Wildman–Crippen MR) is 144 cm³/mol. The van der Waals surface area contributed by atoms with Crippen molar-refractivity contribution in [2.45, 2.75) is 13.0 Å². The van der Waals surface area contributed by atoms with E-state index in [-0.39, 0.29) is 11.6 Å². The lowest BCUT2D eigenvalue weighted by Gasteiger charge is -2.36. The van der Waals surface area contributed by atoms with Crippen LogP contribution in [0.15, 0.2) is 71.7 Å². The van der Waals surface area contributed by atoms with Gasteiger partial charge in [0.05, 0.1) is 17.6 Å². The van der Waals surface area contributed by atoms with Crippen LogP contribution in [0, 0.1) is 0 Å². The largest absolute Gasteiger partial charge is 0.379 e. The van der Waals surface area contributed by atoms with Gasteiger partial charge in [0.1, 0.15) is 5.69 Å². The molecule has 1 aromatic heterocycles. The summed E-state index contributed by atoms with van der Waals surface area (Å²) < 4.78 is 1.44. The number of hydrogen-bond acceptors (Lipinski definition) is 6. The van der Waals surface area contributed by atoms with Crippen molar-refractivity contribution in [3.8, 4) is 5.69 Å². The number of anilines is 2. The molecule has 3 aromatic rings. The van der Waals surface area contributed by atoms with Crippen LogP contribution in [0.1, 0.15) is 12.0 Å². The minimum atomic E-state index is -0.174. The van der Waals surface area contributed by atoms with E-state index < -0.39 is 0 Å². The second-order valence-corrected chi connectivity index (χ2v) is 9.16. The molecular weight excluding hydrogens is 454 g/mol. The Labute approximate surface area is 212 Å². The topological polar surface area (TPSA) is 85.7 Å². The third kappa shape index (κ3) is 6.42. The number of piperazine rings is 1. The first-order valence-electron chi connectivity index (χ1n) is 12.4. The van der Waals surface area contributed by atoms with Gasteiger partial charge in [-0.3, -0.25) is 4.79 Å². The first kappa shape index (κ1) is 25.2. The number of carbonyl (C=O) groups excluding carboxylic acids is 1. The van der Waals surface area contributed by atoms with Gasteiger partial charge in [0.15, 0.2) is 0 Å². The van der Waals surface area contributed by atoms with Crippen molar-refractivity contribution in [2.24, 2.45) is 0 Å². The molecule has 0 spiro atoms. The second kappa shape index (κ2) is 12.2. The average molecular weight is 490 g/mol. The molecule has 0 aliphatic carbocycles. The second-order valence-electron chi connectivity index (χ2n) is 9.16. The van der Waals surface area contributed by atoms with Crippen LogP contribution in [0.2, 0.25) is 0 Å². The van der Waals surface area contributed by atoms with Crippen molar-refractivity contribution < 1.29 is 4.79 Å². The number of benzene rings is 2. The molecule has 2 N–H and O–H groups in total. The third-order valence-electron chi connectivity index (χ3n) is 6.24. The zero-order chi connectivity index (χ0) is 25.3. The number of aromatic nitrogens is 2. The zero-order valence-corrected chi connectivity index (χ0v) is 21.1. The van der Waals surface area contributed by atoms with Gasteiger partial charge in [-0.25, -0.2) is 4.79 Å². The standard InChI is InChI=1S/C27H35N7O2/c1-31(2)15-9-14-28-25-24(21-30-34(26(25)35)23-12-7-4-8-13-23)32-16-18-33(19-17-32)27(36)29-20-22-10-5-3-6-11-22/h3-8,10-13,21,28H,9,14-20H2,1-2H3,(H,29,36). The van der Waals surface area contributed by atoms with Crippen molar-refractivity contribution in [1.82, 2.24) is 24.9 Å². The van der Waals surface area contributed by atoms with Crippen molar-refractivity contribution in [3.63, 3.8) is 0 Å². The Morgan fingerprint density at radius 2 is 1.64 bits per heavy atom. The lowest BCUT2D eigenvalue weighted by molar-refractivity contribution is 0.194. The summed E-state index contributed by atoms with van der Waals surface area (Å²) in [4.78, 5) is 32.2. The maximum Gasteiger partial charge on any atom is 0.317 e. The summed E-state index contributed by atoms with van der Waals surface area (Å²) in [6.07, 6.45) is 2.67. The molecule has 36 heavy (non-hydrogen) atoms. The Morgan fingerprint density at radius 1 is 0.972 bits per heavy atom. The van der Waals surface area contributed by atoms with Crippen LogP contribution in [0.4, 0.5) is 16.2 Å². The molecular formula is C27H35N7O2. The molecule has 2 aromatic carbocycles. The molecule has 0 bridgehead atoms. The van der Waals surface area contributed by atoms with E-state index in [1.807, 2.05) is 79.7 Å². The molecule has 190 valence electrons. The molecule has 1 aliphatic rings. The smallest absolute Gasteiger partial charge is 0.317 e. The molecule has 1 fully saturated rings.